The van der Waals surface area contributed by atoms with Crippen molar-refractivity contribution in [3.63, 3.8) is 0 Å². The molecule has 0 heterocycles. The Morgan fingerprint density at radius 1 is 1.30 bits per heavy atom. The number of para-hydroxylation sites is 1. The highest BCUT2D eigenvalue weighted by Gasteiger charge is 2.42. The van der Waals surface area contributed by atoms with Gasteiger partial charge in [-0.2, -0.15) is 0 Å². The molecular weight excluding hydrogens is 270 g/mol. The Labute approximate surface area is 126 Å². The van der Waals surface area contributed by atoms with Gasteiger partial charge in [0.05, 0.1) is 5.60 Å². The van der Waals surface area contributed by atoms with E-state index in [1.54, 1.807) is 25.6 Å². The van der Waals surface area contributed by atoms with E-state index in [-0.39, 0.29) is 10.7 Å². The van der Waals surface area contributed by atoms with Gasteiger partial charge in [-0.3, -0.25) is 0 Å². The van der Waals surface area contributed by atoms with Crippen LogP contribution >= 0.6 is 11.8 Å². The van der Waals surface area contributed by atoms with Crippen LogP contribution in [0.2, 0.25) is 0 Å². The number of carbonyl (C=O) groups is 1. The number of rotatable bonds is 7. The van der Waals surface area contributed by atoms with Crippen LogP contribution in [0.15, 0.2) is 29.2 Å². The van der Waals surface area contributed by atoms with Gasteiger partial charge in [0, 0.05) is 34.7 Å². The number of thioether (sulfide) groups is 1. The van der Waals surface area contributed by atoms with E-state index < -0.39 is 5.60 Å². The van der Waals surface area contributed by atoms with Gasteiger partial charge in [-0.05, 0) is 26.0 Å². The van der Waals surface area contributed by atoms with Crippen LogP contribution in [0.4, 0.5) is 5.69 Å². The third kappa shape index (κ3) is 3.76. The molecule has 1 aromatic carbocycles. The first-order valence-corrected chi connectivity index (χ1v) is 7.71. The zero-order chi connectivity index (χ0) is 15.4. The van der Waals surface area contributed by atoms with Gasteiger partial charge in [-0.25, -0.2) is 0 Å². The van der Waals surface area contributed by atoms with Gasteiger partial charge in [-0.15, -0.1) is 11.8 Å². The third-order valence-corrected chi connectivity index (χ3v) is 5.79. The summed E-state index contributed by atoms with van der Waals surface area (Å²) in [4.78, 5) is 12.1. The second kappa shape index (κ2) is 6.64. The molecule has 112 valence electrons. The van der Waals surface area contributed by atoms with Gasteiger partial charge in [-0.1, -0.05) is 26.0 Å². The Morgan fingerprint density at radius 3 is 2.40 bits per heavy atom. The Hall–Kier alpha value is -1.00. The van der Waals surface area contributed by atoms with E-state index in [1.807, 2.05) is 45.2 Å². The molecule has 0 bridgehead atoms. The molecule has 1 unspecified atom stereocenters. The number of aldehydes is 1. The lowest BCUT2D eigenvalue weighted by Gasteiger charge is -2.43. The molecule has 1 aromatic rings. The van der Waals surface area contributed by atoms with Crippen LogP contribution in [0.1, 0.15) is 34.1 Å². The maximum atomic E-state index is 11.0. The van der Waals surface area contributed by atoms with Crippen LogP contribution in [0.3, 0.4) is 0 Å². The first-order valence-electron chi connectivity index (χ1n) is 6.83. The molecule has 0 saturated carbocycles. The van der Waals surface area contributed by atoms with Crippen LogP contribution in [0.25, 0.3) is 0 Å². The highest BCUT2D eigenvalue weighted by molar-refractivity contribution is 8.00. The molecule has 20 heavy (non-hydrogen) atoms. The van der Waals surface area contributed by atoms with Gasteiger partial charge in [0.15, 0.2) is 0 Å². The summed E-state index contributed by atoms with van der Waals surface area (Å²) < 4.78 is 0. The molecule has 0 radical (unpaired) electrons. The Balaban J connectivity index is 3.07. The average molecular weight is 295 g/mol. The summed E-state index contributed by atoms with van der Waals surface area (Å²) in [6.07, 6.45) is 1.35. The topological polar surface area (TPSA) is 49.3 Å². The summed E-state index contributed by atoms with van der Waals surface area (Å²) in [7, 11) is 1.88. The van der Waals surface area contributed by atoms with Crippen molar-refractivity contribution in [2.75, 3.05) is 12.4 Å². The number of aliphatic hydroxyl groups is 1. The van der Waals surface area contributed by atoms with E-state index in [9.17, 15) is 9.90 Å². The molecule has 0 aliphatic rings. The van der Waals surface area contributed by atoms with E-state index in [4.69, 9.17) is 0 Å². The fraction of sp³-hybridized carbons (Fsp3) is 0.562. The molecule has 2 N–H and O–H groups in total. The molecule has 0 saturated heterocycles. The molecule has 0 aliphatic heterocycles. The first-order chi connectivity index (χ1) is 9.24. The van der Waals surface area contributed by atoms with E-state index in [2.05, 4.69) is 5.32 Å². The lowest BCUT2D eigenvalue weighted by atomic mass is 9.73. The van der Waals surface area contributed by atoms with Crippen molar-refractivity contribution in [1.29, 1.82) is 0 Å². The largest absolute Gasteiger partial charge is 0.390 e. The highest BCUT2D eigenvalue weighted by atomic mass is 32.2. The van der Waals surface area contributed by atoms with E-state index >= 15 is 0 Å². The standard InChI is InChI=1S/C16H25NO2S/c1-15(2,16(3,4)19)14(10-11-18)20-13-9-7-6-8-12(13)17-5/h6-9,11,14,17,19H,10H2,1-5H3. The Morgan fingerprint density at radius 2 is 1.90 bits per heavy atom. The number of anilines is 1. The number of nitrogens with one attached hydrogen (secondary N) is 1. The third-order valence-electron chi connectivity index (χ3n) is 4.12. The molecule has 4 heteroatoms. The zero-order valence-corrected chi connectivity index (χ0v) is 13.8. The fourth-order valence-corrected chi connectivity index (χ4v) is 3.42. The summed E-state index contributed by atoms with van der Waals surface area (Å²) in [6.45, 7) is 7.62. The van der Waals surface area contributed by atoms with Crippen LogP contribution < -0.4 is 5.32 Å². The van der Waals surface area contributed by atoms with Crippen molar-refractivity contribution in [1.82, 2.24) is 0 Å². The van der Waals surface area contributed by atoms with Gasteiger partial charge in [0.25, 0.3) is 0 Å². The van der Waals surface area contributed by atoms with Crippen molar-refractivity contribution in [2.45, 2.75) is 49.9 Å². The predicted molar refractivity (Wildman–Crippen MR) is 86.4 cm³/mol. The van der Waals surface area contributed by atoms with E-state index in [1.165, 1.54) is 0 Å². The van der Waals surface area contributed by atoms with Gasteiger partial charge < -0.3 is 15.2 Å². The summed E-state index contributed by atoms with van der Waals surface area (Å²) >= 11 is 1.64. The maximum Gasteiger partial charge on any atom is 0.121 e. The van der Waals surface area contributed by atoms with Crippen molar-refractivity contribution >= 4 is 23.7 Å². The minimum Gasteiger partial charge on any atom is -0.390 e. The van der Waals surface area contributed by atoms with Crippen LogP contribution in [-0.4, -0.2) is 29.3 Å². The van der Waals surface area contributed by atoms with Crippen molar-refractivity contribution < 1.29 is 9.90 Å². The molecule has 0 aromatic heterocycles. The van der Waals surface area contributed by atoms with E-state index in [0.717, 1.165) is 16.9 Å². The molecule has 3 nitrogen and oxygen atoms in total. The highest BCUT2D eigenvalue weighted by Crippen LogP contribution is 2.45. The lowest BCUT2D eigenvalue weighted by Crippen LogP contribution is -2.46. The van der Waals surface area contributed by atoms with Crippen LogP contribution in [0.5, 0.6) is 0 Å². The molecule has 0 aliphatic carbocycles. The molecule has 1 atom stereocenters. The second-order valence-corrected chi connectivity index (χ2v) is 7.28. The number of carbonyl (C=O) groups excluding carboxylic acids is 1. The molecule has 0 amide bonds. The lowest BCUT2D eigenvalue weighted by molar-refractivity contribution is -0.109. The van der Waals surface area contributed by atoms with Gasteiger partial charge in [0.2, 0.25) is 0 Å². The van der Waals surface area contributed by atoms with E-state index in [0.29, 0.717) is 6.42 Å². The quantitative estimate of drug-likeness (QED) is 0.596. The molecule has 0 fully saturated rings. The summed E-state index contributed by atoms with van der Waals surface area (Å²) in [5.74, 6) is 0. The SMILES string of the molecule is CNc1ccccc1SC(CC=O)C(C)(C)C(C)(C)O. The Kier molecular flexibility index (Phi) is 5.66. The monoisotopic (exact) mass is 295 g/mol. The first kappa shape index (κ1) is 17.1. The Bertz CT molecular complexity index is 452. The number of hydrogen-bond donors (Lipinski definition) is 2. The summed E-state index contributed by atoms with van der Waals surface area (Å²) in [6, 6.07) is 8.01. The number of benzene rings is 1. The maximum absolute atomic E-state index is 11.0. The van der Waals surface area contributed by atoms with Gasteiger partial charge >= 0.3 is 0 Å². The number of hydrogen-bond acceptors (Lipinski definition) is 4. The fourth-order valence-electron chi connectivity index (χ4n) is 1.90. The molecular formula is C16H25NO2S. The summed E-state index contributed by atoms with van der Waals surface area (Å²) in [5.41, 5.74) is -0.207. The molecule has 1 rings (SSSR count). The predicted octanol–water partition coefficient (Wildman–Crippen LogP) is 3.58. The van der Waals surface area contributed by atoms with Crippen molar-refractivity contribution in [3.05, 3.63) is 24.3 Å². The normalized spacial score (nSPS) is 13.9. The average Bonchev–Trinajstić information content (AvgIpc) is 2.37. The smallest absolute Gasteiger partial charge is 0.121 e. The van der Waals surface area contributed by atoms with Crippen molar-refractivity contribution in [3.8, 4) is 0 Å². The zero-order valence-electron chi connectivity index (χ0n) is 12.9. The van der Waals surface area contributed by atoms with Crippen LogP contribution in [-0.2, 0) is 4.79 Å². The summed E-state index contributed by atoms with van der Waals surface area (Å²) in [5, 5.41) is 13.6. The van der Waals surface area contributed by atoms with Crippen molar-refractivity contribution in [2.24, 2.45) is 5.41 Å². The minimum absolute atomic E-state index is 0.00880. The van der Waals surface area contributed by atoms with Gasteiger partial charge in [0.1, 0.15) is 6.29 Å². The van der Waals surface area contributed by atoms with Crippen LogP contribution in [0, 0.1) is 5.41 Å². The second-order valence-electron chi connectivity index (χ2n) is 6.04. The minimum atomic E-state index is -0.859. The molecule has 0 spiro atoms.